The van der Waals surface area contributed by atoms with Crippen molar-refractivity contribution in [2.45, 2.75) is 6.54 Å². The average molecular weight is 385 g/mol. The number of aromatic nitrogens is 2. The van der Waals surface area contributed by atoms with E-state index < -0.39 is 10.8 Å². The largest absolute Gasteiger partial charge is 0.343 e. The number of amides is 1. The second kappa shape index (κ2) is 8.24. The van der Waals surface area contributed by atoms with Gasteiger partial charge in [0.15, 0.2) is 0 Å². The lowest BCUT2D eigenvalue weighted by Gasteiger charge is -1.98. The van der Waals surface area contributed by atoms with Crippen molar-refractivity contribution in [2.24, 2.45) is 0 Å². The van der Waals surface area contributed by atoms with Gasteiger partial charge in [0, 0.05) is 22.7 Å². The fourth-order valence-corrected chi connectivity index (χ4v) is 2.44. The van der Waals surface area contributed by atoms with Gasteiger partial charge in [-0.05, 0) is 24.3 Å². The van der Waals surface area contributed by atoms with Gasteiger partial charge in [-0.1, -0.05) is 41.0 Å². The Morgan fingerprint density at radius 2 is 2.07 bits per heavy atom. The number of nitrogens with one attached hydrogen (secondary N) is 1. The second-order valence-electron chi connectivity index (χ2n) is 5.39. The monoisotopic (exact) mass is 384 g/mol. The number of para-hydroxylation sites is 1. The number of rotatable bonds is 6. The van der Waals surface area contributed by atoms with Gasteiger partial charge >= 0.3 is 0 Å². The molecule has 3 rings (SSSR count). The third-order valence-electron chi connectivity index (χ3n) is 3.51. The minimum absolute atomic E-state index is 0.0215. The Kier molecular flexibility index (Phi) is 5.58. The van der Waals surface area contributed by atoms with E-state index in [1.807, 2.05) is 0 Å². The summed E-state index contributed by atoms with van der Waals surface area (Å²) in [6.45, 7) is 0.0215. The van der Waals surface area contributed by atoms with Crippen LogP contribution < -0.4 is 5.32 Å². The van der Waals surface area contributed by atoms with Gasteiger partial charge in [-0.3, -0.25) is 14.9 Å². The quantitative estimate of drug-likeness (QED) is 0.394. The molecular formula is C18H13ClN4O4. The summed E-state index contributed by atoms with van der Waals surface area (Å²) in [7, 11) is 0. The highest BCUT2D eigenvalue weighted by Crippen LogP contribution is 2.20. The molecule has 136 valence electrons. The molecule has 2 aromatic carbocycles. The van der Waals surface area contributed by atoms with E-state index in [2.05, 4.69) is 15.5 Å². The summed E-state index contributed by atoms with van der Waals surface area (Å²) in [5, 5.41) is 17.9. The van der Waals surface area contributed by atoms with Gasteiger partial charge in [-0.25, -0.2) is 0 Å². The molecule has 0 aliphatic carbocycles. The molecule has 1 N–H and O–H groups in total. The summed E-state index contributed by atoms with van der Waals surface area (Å²) in [6, 6.07) is 13.1. The number of carbonyl (C=O) groups excluding carboxylic acids is 1. The lowest BCUT2D eigenvalue weighted by atomic mass is 10.1. The van der Waals surface area contributed by atoms with Crippen LogP contribution in [0, 0.1) is 10.1 Å². The molecule has 0 spiro atoms. The fraction of sp³-hybridized carbons (Fsp3) is 0.0556. The molecule has 0 fully saturated rings. The standard InChI is InChI=1S/C18H13ClN4O4/c19-14-6-3-5-13(10-14)18-21-17(27-22-18)11-20-16(24)9-8-12-4-1-2-7-15(12)23(25)26/h1-10H,11H2,(H,20,24). The molecule has 1 aromatic heterocycles. The number of nitro groups is 1. The molecule has 27 heavy (non-hydrogen) atoms. The van der Waals surface area contributed by atoms with Crippen LogP contribution in [0.15, 0.2) is 59.1 Å². The van der Waals surface area contributed by atoms with Crippen LogP contribution in [0.4, 0.5) is 5.69 Å². The zero-order valence-corrected chi connectivity index (χ0v) is 14.6. The lowest BCUT2D eigenvalue weighted by molar-refractivity contribution is -0.385. The summed E-state index contributed by atoms with van der Waals surface area (Å²) < 4.78 is 5.09. The predicted octanol–water partition coefficient (Wildman–Crippen LogP) is 3.63. The van der Waals surface area contributed by atoms with E-state index in [0.29, 0.717) is 22.0 Å². The van der Waals surface area contributed by atoms with Crippen LogP contribution in [-0.2, 0) is 11.3 Å². The first-order valence-corrected chi connectivity index (χ1v) is 8.18. The molecule has 0 radical (unpaired) electrons. The molecule has 1 heterocycles. The van der Waals surface area contributed by atoms with Crippen LogP contribution in [0.2, 0.25) is 5.02 Å². The maximum Gasteiger partial charge on any atom is 0.276 e. The number of nitrogens with zero attached hydrogens (tertiary/aromatic N) is 3. The predicted molar refractivity (Wildman–Crippen MR) is 98.7 cm³/mol. The first kappa shape index (κ1) is 18.3. The molecule has 0 bridgehead atoms. The molecule has 0 atom stereocenters. The molecule has 0 aliphatic heterocycles. The molecule has 1 amide bonds. The Balaban J connectivity index is 1.61. The average Bonchev–Trinajstić information content (AvgIpc) is 3.14. The molecule has 9 heteroatoms. The van der Waals surface area contributed by atoms with Gasteiger partial charge in [-0.15, -0.1) is 0 Å². The van der Waals surface area contributed by atoms with E-state index in [0.717, 1.165) is 0 Å². The summed E-state index contributed by atoms with van der Waals surface area (Å²) in [6.07, 6.45) is 2.58. The summed E-state index contributed by atoms with van der Waals surface area (Å²) >= 11 is 5.93. The lowest BCUT2D eigenvalue weighted by Crippen LogP contribution is -2.20. The van der Waals surface area contributed by atoms with E-state index >= 15 is 0 Å². The SMILES string of the molecule is O=C(C=Cc1ccccc1[N+](=O)[O-])NCc1nc(-c2cccc(Cl)c2)no1. The highest BCUT2D eigenvalue weighted by molar-refractivity contribution is 6.30. The van der Waals surface area contributed by atoms with E-state index in [1.54, 1.807) is 42.5 Å². The second-order valence-corrected chi connectivity index (χ2v) is 5.83. The molecule has 3 aromatic rings. The van der Waals surface area contributed by atoms with Crippen molar-refractivity contribution >= 4 is 29.3 Å². The van der Waals surface area contributed by atoms with Gasteiger partial charge in [-0.2, -0.15) is 4.98 Å². The topological polar surface area (TPSA) is 111 Å². The maximum absolute atomic E-state index is 11.9. The minimum Gasteiger partial charge on any atom is -0.343 e. The highest BCUT2D eigenvalue weighted by atomic mass is 35.5. The third kappa shape index (κ3) is 4.77. The molecule has 0 saturated heterocycles. The van der Waals surface area contributed by atoms with E-state index in [4.69, 9.17) is 16.1 Å². The zero-order valence-electron chi connectivity index (χ0n) is 13.8. The summed E-state index contributed by atoms with van der Waals surface area (Å²) in [4.78, 5) is 26.5. The summed E-state index contributed by atoms with van der Waals surface area (Å²) in [5.74, 6) is 0.130. The first-order chi connectivity index (χ1) is 13.0. The minimum atomic E-state index is -0.507. The Morgan fingerprint density at radius 3 is 2.85 bits per heavy atom. The van der Waals surface area contributed by atoms with Crippen LogP contribution in [0.25, 0.3) is 17.5 Å². The van der Waals surface area contributed by atoms with Crippen LogP contribution in [-0.4, -0.2) is 21.0 Å². The van der Waals surface area contributed by atoms with Gasteiger partial charge in [0.1, 0.15) is 0 Å². The van der Waals surface area contributed by atoms with Crippen molar-refractivity contribution in [1.29, 1.82) is 0 Å². The molecule has 0 saturated carbocycles. The van der Waals surface area contributed by atoms with Crippen molar-refractivity contribution in [1.82, 2.24) is 15.5 Å². The van der Waals surface area contributed by atoms with Crippen LogP contribution in [0.3, 0.4) is 0 Å². The van der Waals surface area contributed by atoms with Crippen molar-refractivity contribution in [2.75, 3.05) is 0 Å². The molecule has 8 nitrogen and oxygen atoms in total. The van der Waals surface area contributed by atoms with Crippen molar-refractivity contribution < 1.29 is 14.2 Å². The fourth-order valence-electron chi connectivity index (χ4n) is 2.25. The van der Waals surface area contributed by atoms with Crippen LogP contribution >= 0.6 is 11.6 Å². The number of nitro benzene ring substituents is 1. The van der Waals surface area contributed by atoms with Crippen LogP contribution in [0.1, 0.15) is 11.5 Å². The molecule has 0 aliphatic rings. The normalized spacial score (nSPS) is 10.9. The van der Waals surface area contributed by atoms with Crippen molar-refractivity contribution in [3.05, 3.63) is 81.2 Å². The summed E-state index contributed by atoms with van der Waals surface area (Å²) in [5.41, 5.74) is 0.948. The third-order valence-corrected chi connectivity index (χ3v) is 3.75. The van der Waals surface area contributed by atoms with E-state index in [9.17, 15) is 14.9 Å². The molecular weight excluding hydrogens is 372 g/mol. The smallest absolute Gasteiger partial charge is 0.276 e. The van der Waals surface area contributed by atoms with E-state index in [-0.39, 0.29) is 18.1 Å². The number of benzene rings is 2. The van der Waals surface area contributed by atoms with Gasteiger partial charge in [0.2, 0.25) is 17.6 Å². The van der Waals surface area contributed by atoms with Gasteiger partial charge in [0.25, 0.3) is 5.69 Å². The molecule has 0 unspecified atom stereocenters. The van der Waals surface area contributed by atoms with Crippen molar-refractivity contribution in [3.63, 3.8) is 0 Å². The Morgan fingerprint density at radius 1 is 1.26 bits per heavy atom. The Labute approximate surface area is 158 Å². The Hall–Kier alpha value is -3.52. The van der Waals surface area contributed by atoms with Gasteiger partial charge in [0.05, 0.1) is 17.0 Å². The van der Waals surface area contributed by atoms with Crippen LogP contribution in [0.5, 0.6) is 0 Å². The number of halogens is 1. The first-order valence-electron chi connectivity index (χ1n) is 7.81. The maximum atomic E-state index is 11.9. The Bertz CT molecular complexity index is 1020. The highest BCUT2D eigenvalue weighted by Gasteiger charge is 2.11. The number of hydrogen-bond donors (Lipinski definition) is 1. The van der Waals surface area contributed by atoms with E-state index in [1.165, 1.54) is 18.2 Å². The zero-order chi connectivity index (χ0) is 19.2. The van der Waals surface area contributed by atoms with Crippen molar-refractivity contribution in [3.8, 4) is 11.4 Å². The number of hydrogen-bond acceptors (Lipinski definition) is 6. The van der Waals surface area contributed by atoms with Gasteiger partial charge < -0.3 is 9.84 Å². The number of carbonyl (C=O) groups is 1.